The van der Waals surface area contributed by atoms with Crippen molar-refractivity contribution in [1.82, 2.24) is 4.40 Å². The lowest BCUT2D eigenvalue weighted by molar-refractivity contribution is 0.0645. The summed E-state index contributed by atoms with van der Waals surface area (Å²) in [5.74, 6) is 3.11. The number of aromatic nitrogens is 1. The maximum Gasteiger partial charge on any atom is 0.166 e. The Balaban J connectivity index is 1.37. The minimum absolute atomic E-state index is 0.154. The topological polar surface area (TPSA) is 21.5 Å². The van der Waals surface area contributed by atoms with E-state index in [1.165, 1.54) is 112 Å². The van der Waals surface area contributed by atoms with Gasteiger partial charge in [0.1, 0.15) is 0 Å². The van der Waals surface area contributed by atoms with Crippen LogP contribution in [-0.4, -0.2) is 10.2 Å². The van der Waals surface area contributed by atoms with E-state index in [2.05, 4.69) is 71.1 Å². The molecule has 45 heavy (non-hydrogen) atoms. The second kappa shape index (κ2) is 7.18. The van der Waals surface area contributed by atoms with Crippen molar-refractivity contribution in [2.75, 3.05) is 0 Å². The first-order valence-electron chi connectivity index (χ1n) is 17.3. The summed E-state index contributed by atoms with van der Waals surface area (Å²) in [4.78, 5) is 14.7. The fraction of sp³-hybridized carbons (Fsp3) is 0.279. The summed E-state index contributed by atoms with van der Waals surface area (Å²) >= 11 is 0. The van der Waals surface area contributed by atoms with Crippen LogP contribution in [0.5, 0.6) is 0 Å². The van der Waals surface area contributed by atoms with Gasteiger partial charge in [0.2, 0.25) is 0 Å². The highest BCUT2D eigenvalue weighted by atomic mass is 16.1. The predicted molar refractivity (Wildman–Crippen MR) is 185 cm³/mol. The Morgan fingerprint density at radius 1 is 0.600 bits per heavy atom. The Bertz CT molecular complexity index is 2560. The van der Waals surface area contributed by atoms with Crippen LogP contribution < -0.4 is 0 Å². The zero-order valence-corrected chi connectivity index (χ0v) is 25.1. The second-order valence-corrected chi connectivity index (χ2v) is 15.5. The number of Topliss-reactive ketones (excluding diaryl/α,β-unsaturated/α-hetero) is 1. The van der Waals surface area contributed by atoms with Crippen LogP contribution in [-0.2, 0) is 0 Å². The molecule has 214 valence electrons. The minimum atomic E-state index is 0.154. The maximum absolute atomic E-state index is 14.7. The average Bonchev–Trinajstić information content (AvgIpc) is 3.41. The molecule has 2 fully saturated rings. The number of carbonyl (C=O) groups is 1. The molecule has 2 saturated carbocycles. The van der Waals surface area contributed by atoms with Gasteiger partial charge in [-0.25, -0.2) is 0 Å². The van der Waals surface area contributed by atoms with Gasteiger partial charge >= 0.3 is 0 Å². The minimum Gasteiger partial charge on any atom is -0.308 e. The van der Waals surface area contributed by atoms with Gasteiger partial charge in [0.15, 0.2) is 5.78 Å². The first kappa shape index (κ1) is 23.0. The average molecular weight is 578 g/mol. The van der Waals surface area contributed by atoms with Gasteiger partial charge in [-0.05, 0) is 147 Å². The Labute approximate surface area is 260 Å². The molecule has 8 aromatic rings. The molecule has 7 aliphatic rings. The van der Waals surface area contributed by atoms with E-state index in [1.807, 2.05) is 0 Å². The number of hydrogen-bond acceptors (Lipinski definition) is 1. The molecule has 6 aliphatic carbocycles. The van der Waals surface area contributed by atoms with Crippen LogP contribution in [0.15, 0.2) is 73.3 Å². The van der Waals surface area contributed by atoms with Gasteiger partial charge < -0.3 is 4.40 Å². The number of carbonyl (C=O) groups excluding carboxylic acids is 1. The molecule has 6 unspecified atom stereocenters. The molecule has 6 aromatic carbocycles. The van der Waals surface area contributed by atoms with Crippen LogP contribution in [0.3, 0.4) is 0 Å². The molecular formula is C43H31NO. The molecular weight excluding hydrogens is 546 g/mol. The van der Waals surface area contributed by atoms with Gasteiger partial charge in [0.05, 0.1) is 16.6 Å². The van der Waals surface area contributed by atoms with E-state index in [0.717, 1.165) is 24.8 Å². The monoisotopic (exact) mass is 577 g/mol. The summed E-state index contributed by atoms with van der Waals surface area (Å²) in [6.45, 7) is 4.91. The lowest BCUT2D eigenvalue weighted by Crippen LogP contribution is -2.37. The molecule has 0 radical (unpaired) electrons. The van der Waals surface area contributed by atoms with E-state index < -0.39 is 0 Å². The van der Waals surface area contributed by atoms with Crippen molar-refractivity contribution < 1.29 is 4.79 Å². The van der Waals surface area contributed by atoms with Gasteiger partial charge in [-0.2, -0.15) is 0 Å². The zero-order chi connectivity index (χ0) is 29.0. The van der Waals surface area contributed by atoms with Gasteiger partial charge in [-0.1, -0.05) is 49.0 Å². The van der Waals surface area contributed by atoms with Gasteiger partial charge in [0.25, 0.3) is 0 Å². The number of nitrogens with zero attached hydrogens (tertiary/aromatic N) is 1. The van der Waals surface area contributed by atoms with E-state index in [-0.39, 0.29) is 5.92 Å². The molecule has 15 rings (SSSR count). The van der Waals surface area contributed by atoms with Crippen molar-refractivity contribution in [3.8, 4) is 0 Å². The third kappa shape index (κ3) is 2.37. The lowest BCUT2D eigenvalue weighted by Gasteiger charge is -2.44. The van der Waals surface area contributed by atoms with Crippen LogP contribution in [0, 0.1) is 23.7 Å². The Morgan fingerprint density at radius 3 is 1.89 bits per heavy atom. The maximum atomic E-state index is 14.7. The summed E-state index contributed by atoms with van der Waals surface area (Å²) in [6, 6.07) is 26.2. The van der Waals surface area contributed by atoms with Gasteiger partial charge in [-0.3, -0.25) is 4.79 Å². The van der Waals surface area contributed by atoms with Gasteiger partial charge in [0, 0.05) is 33.0 Å². The van der Waals surface area contributed by atoms with Crippen molar-refractivity contribution in [3.05, 3.63) is 95.6 Å². The number of ketones is 1. The van der Waals surface area contributed by atoms with Crippen LogP contribution in [0.1, 0.15) is 77.4 Å². The molecule has 10 bridgehead atoms. The molecule has 0 saturated heterocycles. The number of fused-ring (bicyclic) bond motifs is 6. The highest BCUT2D eigenvalue weighted by Crippen LogP contribution is 2.60. The Kier molecular flexibility index (Phi) is 3.67. The highest BCUT2D eigenvalue weighted by Gasteiger charge is 2.50. The molecule has 1 aliphatic heterocycles. The molecule has 2 nitrogen and oxygen atoms in total. The van der Waals surface area contributed by atoms with E-state index in [9.17, 15) is 4.79 Å². The number of hydrogen-bond donors (Lipinski definition) is 0. The molecule has 6 atom stereocenters. The van der Waals surface area contributed by atoms with Crippen molar-refractivity contribution >= 4 is 81.8 Å². The number of benzene rings is 6. The molecule has 3 heterocycles. The third-order valence-electron chi connectivity index (χ3n) is 14.0. The Hall–Kier alpha value is -4.43. The Morgan fingerprint density at radius 2 is 1.20 bits per heavy atom. The van der Waals surface area contributed by atoms with E-state index in [4.69, 9.17) is 6.58 Å². The highest BCUT2D eigenvalue weighted by molar-refractivity contribution is 6.42. The normalized spacial score (nSPS) is 28.4. The van der Waals surface area contributed by atoms with Crippen LogP contribution >= 0.6 is 0 Å². The number of rotatable bonds is 0. The quantitative estimate of drug-likeness (QED) is 0.164. The smallest absolute Gasteiger partial charge is 0.166 e. The lowest BCUT2D eigenvalue weighted by atomic mass is 9.60. The first-order valence-corrected chi connectivity index (χ1v) is 17.3. The SMILES string of the molecule is C=C1c2cc3c4cc2C2CCC1C(C2)C1CC2CCC1C(=O)c1cc5c(cc12)c1c2ccc6cccc7ccc(c2c76)c4c1n35. The molecule has 0 amide bonds. The van der Waals surface area contributed by atoms with Crippen molar-refractivity contribution in [1.29, 1.82) is 0 Å². The summed E-state index contributed by atoms with van der Waals surface area (Å²) in [5, 5.41) is 13.6. The van der Waals surface area contributed by atoms with E-state index >= 15 is 0 Å². The fourth-order valence-electron chi connectivity index (χ4n) is 12.2. The van der Waals surface area contributed by atoms with E-state index in [0.29, 0.717) is 35.4 Å². The molecule has 0 spiro atoms. The number of allylic oxidation sites excluding steroid dienone is 1. The zero-order valence-electron chi connectivity index (χ0n) is 25.1. The molecule has 2 heteroatoms. The summed E-state index contributed by atoms with van der Waals surface area (Å²) in [6.07, 6.45) is 7.03. The predicted octanol–water partition coefficient (Wildman–Crippen LogP) is 11.0. The first-order chi connectivity index (χ1) is 22.1. The molecule has 0 N–H and O–H groups in total. The summed E-state index contributed by atoms with van der Waals surface area (Å²) in [5.41, 5.74) is 10.5. The van der Waals surface area contributed by atoms with Gasteiger partial charge in [-0.15, -0.1) is 0 Å². The summed E-state index contributed by atoms with van der Waals surface area (Å²) in [7, 11) is 0. The fourth-order valence-corrected chi connectivity index (χ4v) is 12.2. The summed E-state index contributed by atoms with van der Waals surface area (Å²) < 4.78 is 2.57. The van der Waals surface area contributed by atoms with Crippen molar-refractivity contribution in [2.45, 2.75) is 50.4 Å². The second-order valence-electron chi connectivity index (χ2n) is 15.5. The standard InChI is InChI=1S/C43H31NO/c1-19-24-9-7-22-13-31(24)32-14-23-8-10-25(32)43(45)33-18-37-35(16-30(23)33)41-27-12-6-21-4-2-3-20-5-11-26(39(27)38(20)21)40-34-15-29(22)28(19)17-36(34)44(37)42(40)41/h2-6,11-12,15-18,22-25,31-32H,1,7-10,13-14H2. The largest absolute Gasteiger partial charge is 0.308 e. The van der Waals surface area contributed by atoms with Crippen LogP contribution in [0.25, 0.3) is 76.0 Å². The van der Waals surface area contributed by atoms with E-state index in [1.54, 1.807) is 0 Å². The molecule has 2 aromatic heterocycles. The third-order valence-corrected chi connectivity index (χ3v) is 14.0. The van der Waals surface area contributed by atoms with Crippen molar-refractivity contribution in [2.24, 2.45) is 23.7 Å². The van der Waals surface area contributed by atoms with Crippen LogP contribution in [0.2, 0.25) is 0 Å². The van der Waals surface area contributed by atoms with Crippen LogP contribution in [0.4, 0.5) is 0 Å². The van der Waals surface area contributed by atoms with Crippen molar-refractivity contribution in [3.63, 3.8) is 0 Å².